The molecule has 0 spiro atoms. The lowest BCUT2D eigenvalue weighted by atomic mass is 9.87. The van der Waals surface area contributed by atoms with Crippen LogP contribution in [-0.4, -0.2) is 35.4 Å². The van der Waals surface area contributed by atoms with E-state index in [1.165, 1.54) is 22.5 Å². The second kappa shape index (κ2) is 7.91. The molecule has 5 nitrogen and oxygen atoms in total. The fourth-order valence-corrected chi connectivity index (χ4v) is 4.62. The molecule has 0 radical (unpaired) electrons. The van der Waals surface area contributed by atoms with E-state index in [9.17, 15) is 4.79 Å². The zero-order chi connectivity index (χ0) is 16.0. The van der Waals surface area contributed by atoms with Gasteiger partial charge in [0.1, 0.15) is 4.88 Å². The van der Waals surface area contributed by atoms with Gasteiger partial charge in [0.15, 0.2) is 5.13 Å². The Hall–Kier alpha value is -1.34. The summed E-state index contributed by atoms with van der Waals surface area (Å²) in [5.41, 5.74) is 8.20. The van der Waals surface area contributed by atoms with Gasteiger partial charge in [0.2, 0.25) is 0 Å². The first-order valence-electron chi connectivity index (χ1n) is 7.93. The number of hydrogen-bond acceptors (Lipinski definition) is 5. The fraction of sp³-hybridized carbons (Fsp3) is 0.412. The number of carbonyl (C=O) groups is 1. The minimum Gasteiger partial charge on any atom is -0.375 e. The number of fused-ring (bicyclic) bond motifs is 1. The molecule has 3 atom stereocenters. The van der Waals surface area contributed by atoms with E-state index in [0.717, 1.165) is 19.6 Å². The van der Waals surface area contributed by atoms with Crippen LogP contribution in [-0.2, 0) is 0 Å². The molecule has 2 aromatic rings. The molecule has 3 N–H and O–H groups in total. The van der Waals surface area contributed by atoms with E-state index in [1.807, 2.05) is 11.0 Å². The molecule has 8 heteroatoms. The molecular weight excluding hydrogens is 379 g/mol. The van der Waals surface area contributed by atoms with E-state index < -0.39 is 0 Å². The Balaban J connectivity index is 0.00000113. The summed E-state index contributed by atoms with van der Waals surface area (Å²) in [7, 11) is 0. The normalized spacial score (nSPS) is 24.4. The number of carbonyl (C=O) groups excluding carboxylic acids is 1. The Morgan fingerprint density at radius 2 is 2.08 bits per heavy atom. The monoisotopic (exact) mass is 400 g/mol. The predicted octanol–water partition coefficient (Wildman–Crippen LogP) is 2.91. The average molecular weight is 401 g/mol. The number of likely N-dealkylation sites (tertiary alicyclic amines) is 1. The van der Waals surface area contributed by atoms with Crippen LogP contribution >= 0.6 is 36.2 Å². The maximum absolute atomic E-state index is 13.0. The first-order valence-corrected chi connectivity index (χ1v) is 8.75. The van der Waals surface area contributed by atoms with Gasteiger partial charge in [0.25, 0.3) is 5.91 Å². The molecule has 136 valence electrons. The van der Waals surface area contributed by atoms with Gasteiger partial charge in [-0.25, -0.2) is 4.98 Å². The number of benzene rings is 1. The Kier molecular flexibility index (Phi) is 6.32. The SMILES string of the molecule is Cc1ccccc1[C@H]1[C@H]2CNC[C@H]2CN1C(=O)c1cnc(N)s1.Cl.Cl. The number of anilines is 1. The average Bonchev–Trinajstić information content (AvgIpc) is 3.22. The third-order valence-electron chi connectivity index (χ3n) is 5.07. The number of nitrogens with one attached hydrogen (secondary N) is 1. The van der Waals surface area contributed by atoms with Crippen LogP contribution in [0.15, 0.2) is 30.5 Å². The third kappa shape index (κ3) is 3.49. The molecule has 0 unspecified atom stereocenters. The molecule has 0 bridgehead atoms. The summed E-state index contributed by atoms with van der Waals surface area (Å²) in [4.78, 5) is 19.7. The van der Waals surface area contributed by atoms with Crippen LogP contribution in [0, 0.1) is 18.8 Å². The number of halogens is 2. The number of aryl methyl sites for hydroxylation is 1. The number of nitrogens with two attached hydrogens (primary N) is 1. The van der Waals surface area contributed by atoms with E-state index >= 15 is 0 Å². The molecule has 2 fully saturated rings. The largest absolute Gasteiger partial charge is 0.375 e. The third-order valence-corrected chi connectivity index (χ3v) is 5.88. The van der Waals surface area contributed by atoms with Crippen molar-refractivity contribution < 1.29 is 4.79 Å². The number of nitrogen functional groups attached to an aromatic ring is 1. The van der Waals surface area contributed by atoms with Crippen LogP contribution in [0.1, 0.15) is 26.8 Å². The van der Waals surface area contributed by atoms with Crippen LogP contribution in [0.5, 0.6) is 0 Å². The molecule has 4 rings (SSSR count). The van der Waals surface area contributed by atoms with E-state index in [0.29, 0.717) is 21.8 Å². The minimum atomic E-state index is 0. The number of thiazole rings is 1. The summed E-state index contributed by atoms with van der Waals surface area (Å²) in [6, 6.07) is 8.52. The molecule has 0 aliphatic carbocycles. The van der Waals surface area contributed by atoms with Gasteiger partial charge < -0.3 is 16.0 Å². The zero-order valence-corrected chi connectivity index (χ0v) is 16.3. The second-order valence-electron chi connectivity index (χ2n) is 6.40. The Morgan fingerprint density at radius 3 is 2.76 bits per heavy atom. The fourth-order valence-electron chi connectivity index (χ4n) is 3.97. The second-order valence-corrected chi connectivity index (χ2v) is 7.47. The van der Waals surface area contributed by atoms with Crippen molar-refractivity contribution in [2.45, 2.75) is 13.0 Å². The van der Waals surface area contributed by atoms with E-state index in [2.05, 4.69) is 35.4 Å². The Labute approximate surface area is 163 Å². The van der Waals surface area contributed by atoms with Gasteiger partial charge >= 0.3 is 0 Å². The predicted molar refractivity (Wildman–Crippen MR) is 106 cm³/mol. The molecule has 2 aliphatic heterocycles. The number of amides is 1. The maximum atomic E-state index is 13.0. The van der Waals surface area contributed by atoms with Crippen molar-refractivity contribution >= 4 is 47.2 Å². The molecule has 1 aromatic heterocycles. The van der Waals surface area contributed by atoms with Crippen molar-refractivity contribution in [3.05, 3.63) is 46.5 Å². The van der Waals surface area contributed by atoms with Crippen molar-refractivity contribution in [2.24, 2.45) is 11.8 Å². The van der Waals surface area contributed by atoms with Crippen LogP contribution in [0.4, 0.5) is 5.13 Å². The van der Waals surface area contributed by atoms with E-state index in [1.54, 1.807) is 6.20 Å². The Bertz CT molecular complexity index is 754. The lowest BCUT2D eigenvalue weighted by molar-refractivity contribution is 0.0718. The number of nitrogens with zero attached hydrogens (tertiary/aromatic N) is 2. The molecule has 25 heavy (non-hydrogen) atoms. The molecule has 0 saturated carbocycles. The topological polar surface area (TPSA) is 71.2 Å². The van der Waals surface area contributed by atoms with Crippen molar-refractivity contribution in [3.63, 3.8) is 0 Å². The van der Waals surface area contributed by atoms with Crippen molar-refractivity contribution in [1.29, 1.82) is 0 Å². The van der Waals surface area contributed by atoms with E-state index in [-0.39, 0.29) is 36.8 Å². The number of rotatable bonds is 2. The molecular formula is C17H22Cl2N4OS. The zero-order valence-electron chi connectivity index (χ0n) is 13.8. The molecule has 3 heterocycles. The van der Waals surface area contributed by atoms with Gasteiger partial charge in [-0.15, -0.1) is 24.8 Å². The standard InChI is InChI=1S/C17H20N4OS.2ClH/c1-10-4-2-3-5-12(10)15-13-7-19-6-11(13)9-21(15)16(22)14-8-20-17(18)23-14;;/h2-5,8,11,13,15,19H,6-7,9H2,1H3,(H2,18,20);2*1H/t11-,13-,15-;;/m0../s1. The van der Waals surface area contributed by atoms with Gasteiger partial charge in [-0.2, -0.15) is 0 Å². The van der Waals surface area contributed by atoms with Crippen LogP contribution in [0.3, 0.4) is 0 Å². The van der Waals surface area contributed by atoms with Gasteiger partial charge in [-0.3, -0.25) is 4.79 Å². The smallest absolute Gasteiger partial charge is 0.266 e. The lowest BCUT2D eigenvalue weighted by Crippen LogP contribution is -2.34. The van der Waals surface area contributed by atoms with Crippen molar-refractivity contribution in [1.82, 2.24) is 15.2 Å². The van der Waals surface area contributed by atoms with Gasteiger partial charge in [-0.1, -0.05) is 35.6 Å². The lowest BCUT2D eigenvalue weighted by Gasteiger charge is -2.29. The Morgan fingerprint density at radius 1 is 1.32 bits per heavy atom. The van der Waals surface area contributed by atoms with Crippen LogP contribution in [0.2, 0.25) is 0 Å². The minimum absolute atomic E-state index is 0. The molecule has 1 amide bonds. The van der Waals surface area contributed by atoms with E-state index in [4.69, 9.17) is 5.73 Å². The number of hydrogen-bond donors (Lipinski definition) is 2. The number of aromatic nitrogens is 1. The van der Waals surface area contributed by atoms with Gasteiger partial charge in [-0.05, 0) is 24.0 Å². The highest BCUT2D eigenvalue weighted by Crippen LogP contribution is 2.44. The quantitative estimate of drug-likeness (QED) is 0.812. The molecule has 1 aromatic carbocycles. The summed E-state index contributed by atoms with van der Waals surface area (Å²) in [5.74, 6) is 1.06. The highest BCUT2D eigenvalue weighted by molar-refractivity contribution is 7.17. The van der Waals surface area contributed by atoms with Gasteiger partial charge in [0.05, 0.1) is 12.2 Å². The first kappa shape index (κ1) is 20.0. The van der Waals surface area contributed by atoms with Gasteiger partial charge in [0, 0.05) is 25.6 Å². The molecule has 2 aliphatic rings. The summed E-state index contributed by atoms with van der Waals surface area (Å²) >= 11 is 1.27. The van der Waals surface area contributed by atoms with Crippen LogP contribution in [0.25, 0.3) is 0 Å². The summed E-state index contributed by atoms with van der Waals surface area (Å²) in [6.07, 6.45) is 1.60. The first-order chi connectivity index (χ1) is 11.1. The molecule has 2 saturated heterocycles. The highest BCUT2D eigenvalue weighted by atomic mass is 35.5. The van der Waals surface area contributed by atoms with Crippen molar-refractivity contribution in [2.75, 3.05) is 25.4 Å². The summed E-state index contributed by atoms with van der Waals surface area (Å²) in [6.45, 7) is 4.88. The summed E-state index contributed by atoms with van der Waals surface area (Å²) in [5, 5.41) is 3.93. The van der Waals surface area contributed by atoms with Crippen LogP contribution < -0.4 is 11.1 Å². The maximum Gasteiger partial charge on any atom is 0.266 e. The highest BCUT2D eigenvalue weighted by Gasteiger charge is 2.47. The van der Waals surface area contributed by atoms with Crippen molar-refractivity contribution in [3.8, 4) is 0 Å². The summed E-state index contributed by atoms with van der Waals surface area (Å²) < 4.78 is 0.